The first kappa shape index (κ1) is 35.9. The zero-order valence-electron chi connectivity index (χ0n) is 15.9. The van der Waals surface area contributed by atoms with E-state index in [0.717, 1.165) is 4.74 Å². The van der Waals surface area contributed by atoms with E-state index in [0.29, 0.717) is 0 Å². The number of halogens is 24. The molecule has 0 bridgehead atoms. The summed E-state index contributed by atoms with van der Waals surface area (Å²) in [6, 6.07) is 0. The van der Waals surface area contributed by atoms with Crippen LogP contribution in [0.3, 0.4) is 0 Å². The van der Waals surface area contributed by atoms with E-state index >= 15 is 0 Å². The Labute approximate surface area is 188 Å². The molecule has 1 unspecified atom stereocenters. The molecule has 0 aliphatic heterocycles. The van der Waals surface area contributed by atoms with Gasteiger partial charge in [0.2, 0.25) is 0 Å². The lowest BCUT2D eigenvalue weighted by atomic mass is 9.90. The van der Waals surface area contributed by atoms with Gasteiger partial charge in [-0.3, -0.25) is 9.53 Å². The molecular formula is C12F24O2. The minimum atomic E-state index is -9.14. The number of rotatable bonds is 9. The fourth-order valence-electron chi connectivity index (χ4n) is 1.75. The van der Waals surface area contributed by atoms with Gasteiger partial charge in [0, 0.05) is 0 Å². The molecule has 0 fully saturated rings. The summed E-state index contributed by atoms with van der Waals surface area (Å²) in [4.78, 5) is 11.0. The molecule has 1 atom stereocenters. The predicted molar refractivity (Wildman–Crippen MR) is 62.7 cm³/mol. The molecule has 0 aliphatic carbocycles. The molecule has 0 aromatic rings. The topological polar surface area (TPSA) is 26.3 Å². The van der Waals surface area contributed by atoms with Crippen molar-refractivity contribution in [3.05, 3.63) is 0 Å². The lowest BCUT2D eigenvalue weighted by Gasteiger charge is -2.41. The number of carbonyl (C=O) groups is 1. The zero-order chi connectivity index (χ0) is 31.8. The molecule has 2 nitrogen and oxygen atoms in total. The minimum Gasteiger partial charge on any atom is -0.286 e. The summed E-state index contributed by atoms with van der Waals surface area (Å²) in [7, 11) is 0. The van der Waals surface area contributed by atoms with Crippen molar-refractivity contribution < 1.29 is 115 Å². The first-order valence-electron chi connectivity index (χ1n) is 7.65. The molecule has 0 aromatic carbocycles. The first-order chi connectivity index (χ1) is 15.9. The van der Waals surface area contributed by atoms with Crippen LogP contribution in [0.4, 0.5) is 105 Å². The highest BCUT2D eigenvalue weighted by Crippen LogP contribution is 2.62. The van der Waals surface area contributed by atoms with Crippen LogP contribution in [0, 0.1) is 0 Å². The second-order valence-corrected chi connectivity index (χ2v) is 6.48. The molecular weight excluding hydrogens is 632 g/mol. The van der Waals surface area contributed by atoms with Crippen molar-refractivity contribution >= 4 is 5.78 Å². The predicted octanol–water partition coefficient (Wildman–Crippen LogP) is 7.33. The Hall–Kier alpha value is -2.05. The molecule has 26 heteroatoms. The van der Waals surface area contributed by atoms with Gasteiger partial charge in [0.1, 0.15) is 0 Å². The average Bonchev–Trinajstić information content (AvgIpc) is 2.63. The van der Waals surface area contributed by atoms with Gasteiger partial charge in [-0.2, -0.15) is 105 Å². The summed E-state index contributed by atoms with van der Waals surface area (Å²) in [6.07, 6.45) is -32.5. The number of ketones is 1. The highest BCUT2D eigenvalue weighted by molar-refractivity contribution is 5.94. The van der Waals surface area contributed by atoms with Crippen molar-refractivity contribution in [2.75, 3.05) is 0 Å². The molecule has 0 radical (unpaired) electrons. The standard InChI is InChI=1S/C12F24O2/c13-2(14,4(16,17)5(18,19)6(20,21)7(22,23)10(29,30)31)1(37)3(15,9(26,27)28)38-12(35,36)8(24,25)11(32,33)34. The van der Waals surface area contributed by atoms with Gasteiger partial charge in [-0.25, -0.2) is 0 Å². The second-order valence-electron chi connectivity index (χ2n) is 6.48. The smallest absolute Gasteiger partial charge is 0.286 e. The van der Waals surface area contributed by atoms with Crippen LogP contribution in [0.1, 0.15) is 0 Å². The second kappa shape index (κ2) is 8.72. The molecule has 0 saturated carbocycles. The van der Waals surface area contributed by atoms with Gasteiger partial charge < -0.3 is 0 Å². The van der Waals surface area contributed by atoms with Crippen LogP contribution in [-0.2, 0) is 9.53 Å². The van der Waals surface area contributed by atoms with Crippen molar-refractivity contribution in [1.29, 1.82) is 0 Å². The highest BCUT2D eigenvalue weighted by atomic mass is 19.4. The van der Waals surface area contributed by atoms with Gasteiger partial charge in [-0.05, 0) is 0 Å². The summed E-state index contributed by atoms with van der Waals surface area (Å²) in [5.41, 5.74) is 0. The van der Waals surface area contributed by atoms with E-state index in [-0.39, 0.29) is 0 Å². The Kier molecular flexibility index (Phi) is 8.25. The van der Waals surface area contributed by atoms with Gasteiger partial charge in [0.25, 0.3) is 5.78 Å². The molecule has 0 spiro atoms. The van der Waals surface area contributed by atoms with Gasteiger partial charge >= 0.3 is 66.0 Å². The Bertz CT molecular complexity index is 888. The zero-order valence-corrected chi connectivity index (χ0v) is 15.9. The summed E-state index contributed by atoms with van der Waals surface area (Å²) in [6.45, 7) is 0. The fraction of sp³-hybridized carbons (Fsp3) is 0.917. The van der Waals surface area contributed by atoms with Crippen LogP contribution in [-0.4, -0.2) is 71.8 Å². The van der Waals surface area contributed by atoms with E-state index in [9.17, 15) is 110 Å². The van der Waals surface area contributed by atoms with Crippen molar-refractivity contribution in [3.63, 3.8) is 0 Å². The van der Waals surface area contributed by atoms with Gasteiger partial charge in [-0.1, -0.05) is 0 Å². The minimum absolute atomic E-state index is 1.03. The van der Waals surface area contributed by atoms with Crippen LogP contribution in [0.2, 0.25) is 0 Å². The Morgan fingerprint density at radius 3 is 0.921 bits per heavy atom. The maximum atomic E-state index is 13.8. The van der Waals surface area contributed by atoms with E-state index in [4.69, 9.17) is 0 Å². The largest absolute Gasteiger partial charge is 0.462 e. The number of carbonyl (C=O) groups excluding carboxylic acids is 1. The van der Waals surface area contributed by atoms with E-state index in [1.807, 2.05) is 0 Å². The van der Waals surface area contributed by atoms with E-state index in [1.165, 1.54) is 0 Å². The third kappa shape index (κ3) is 4.77. The summed E-state index contributed by atoms with van der Waals surface area (Å²) in [5.74, 6) is -67.4. The van der Waals surface area contributed by atoms with E-state index in [1.54, 1.807) is 0 Å². The number of alkyl halides is 24. The number of hydrogen-bond acceptors (Lipinski definition) is 2. The van der Waals surface area contributed by atoms with Crippen molar-refractivity contribution in [2.24, 2.45) is 0 Å². The average molecular weight is 632 g/mol. The summed E-state index contributed by atoms with van der Waals surface area (Å²) >= 11 is 0. The maximum absolute atomic E-state index is 13.8. The van der Waals surface area contributed by atoms with E-state index in [2.05, 4.69) is 0 Å². The fourth-order valence-corrected chi connectivity index (χ4v) is 1.75. The normalized spacial score (nSPS) is 17.9. The van der Waals surface area contributed by atoms with Crippen LogP contribution in [0.5, 0.6) is 0 Å². The first-order valence-corrected chi connectivity index (χ1v) is 7.65. The van der Waals surface area contributed by atoms with Gasteiger partial charge in [0.05, 0.1) is 0 Å². The van der Waals surface area contributed by atoms with Crippen LogP contribution >= 0.6 is 0 Å². The molecule has 0 saturated heterocycles. The van der Waals surface area contributed by atoms with Gasteiger partial charge in [-0.15, -0.1) is 0 Å². The van der Waals surface area contributed by atoms with Crippen molar-refractivity contribution in [2.45, 2.75) is 66.0 Å². The summed E-state index contributed by atoms with van der Waals surface area (Å²) in [5, 5.41) is 0. The molecule has 228 valence electrons. The molecule has 0 aliphatic rings. The third-order valence-corrected chi connectivity index (χ3v) is 3.87. The summed E-state index contributed by atoms with van der Waals surface area (Å²) < 4.78 is 307. The highest BCUT2D eigenvalue weighted by Gasteiger charge is 2.93. The van der Waals surface area contributed by atoms with Gasteiger partial charge in [0.15, 0.2) is 0 Å². The monoisotopic (exact) mass is 632 g/mol. The van der Waals surface area contributed by atoms with E-state index < -0.39 is 71.8 Å². The Morgan fingerprint density at radius 2 is 0.658 bits per heavy atom. The molecule has 38 heavy (non-hydrogen) atoms. The van der Waals surface area contributed by atoms with Crippen LogP contribution in [0.15, 0.2) is 0 Å². The Balaban J connectivity index is 7.16. The molecule has 0 heterocycles. The van der Waals surface area contributed by atoms with Crippen molar-refractivity contribution in [3.8, 4) is 0 Å². The SMILES string of the molecule is O=C(C(F)(F)C(F)(F)C(F)(F)C(F)(F)C(F)(F)C(F)(F)F)C(F)(OC(F)(F)C(F)(F)C(F)(F)F)C(F)(F)F. The molecule has 0 N–H and O–H groups in total. The lowest BCUT2D eigenvalue weighted by Crippen LogP contribution is -2.74. The van der Waals surface area contributed by atoms with Crippen LogP contribution < -0.4 is 0 Å². The number of hydrogen-bond donors (Lipinski definition) is 0. The van der Waals surface area contributed by atoms with Crippen molar-refractivity contribution in [1.82, 2.24) is 0 Å². The third-order valence-electron chi connectivity index (χ3n) is 3.87. The number of Topliss-reactive ketones (excluding diaryl/α,β-unsaturated/α-hetero) is 1. The molecule has 0 rings (SSSR count). The molecule has 0 amide bonds. The Morgan fingerprint density at radius 1 is 0.368 bits per heavy atom. The maximum Gasteiger partial charge on any atom is 0.462 e. The quantitative estimate of drug-likeness (QED) is 0.249. The lowest BCUT2D eigenvalue weighted by molar-refractivity contribution is -0.476. The van der Waals surface area contributed by atoms with Crippen LogP contribution in [0.25, 0.3) is 0 Å². The number of ether oxygens (including phenoxy) is 1. The molecule has 0 aromatic heterocycles.